The van der Waals surface area contributed by atoms with E-state index in [1.54, 1.807) is 0 Å². The lowest BCUT2D eigenvalue weighted by molar-refractivity contribution is 0.242. The largest absolute Gasteiger partial charge is 0.392 e. The zero-order valence-corrected chi connectivity index (χ0v) is 8.04. The number of urea groups is 1. The SMILES string of the molecule is CCCCNC(=O)NCC(N)=S. The molecule has 0 saturated heterocycles. The van der Waals surface area contributed by atoms with E-state index in [1.165, 1.54) is 0 Å². The van der Waals surface area contributed by atoms with Gasteiger partial charge in [-0.1, -0.05) is 25.6 Å². The lowest BCUT2D eigenvalue weighted by Crippen LogP contribution is -2.40. The van der Waals surface area contributed by atoms with E-state index in [4.69, 9.17) is 5.73 Å². The Morgan fingerprint density at radius 1 is 1.50 bits per heavy atom. The molecule has 4 nitrogen and oxygen atoms in total. The third-order valence-electron chi connectivity index (χ3n) is 1.24. The Balaban J connectivity index is 3.28. The van der Waals surface area contributed by atoms with Crippen molar-refractivity contribution in [1.82, 2.24) is 10.6 Å². The molecular weight excluding hydrogens is 174 g/mol. The molecule has 0 aromatic carbocycles. The van der Waals surface area contributed by atoms with Gasteiger partial charge in [-0.15, -0.1) is 0 Å². The lowest BCUT2D eigenvalue weighted by atomic mass is 10.3. The van der Waals surface area contributed by atoms with Crippen LogP contribution in [0.3, 0.4) is 0 Å². The van der Waals surface area contributed by atoms with Crippen LogP contribution < -0.4 is 16.4 Å². The van der Waals surface area contributed by atoms with Crippen molar-refractivity contribution in [2.75, 3.05) is 13.1 Å². The molecule has 0 fully saturated rings. The van der Waals surface area contributed by atoms with Gasteiger partial charge in [0.2, 0.25) is 0 Å². The summed E-state index contributed by atoms with van der Waals surface area (Å²) < 4.78 is 0. The molecule has 0 radical (unpaired) electrons. The maximum Gasteiger partial charge on any atom is 0.315 e. The summed E-state index contributed by atoms with van der Waals surface area (Å²) in [5.41, 5.74) is 5.18. The van der Waals surface area contributed by atoms with E-state index in [1.807, 2.05) is 0 Å². The van der Waals surface area contributed by atoms with Crippen LogP contribution in [0.25, 0.3) is 0 Å². The second kappa shape index (κ2) is 6.84. The van der Waals surface area contributed by atoms with Gasteiger partial charge in [0, 0.05) is 6.54 Å². The number of unbranched alkanes of at least 4 members (excludes halogenated alkanes) is 1. The van der Waals surface area contributed by atoms with Gasteiger partial charge >= 0.3 is 6.03 Å². The molecular formula is C7H15N3OS. The first-order valence-electron chi connectivity index (χ1n) is 3.96. The molecule has 4 N–H and O–H groups in total. The average Bonchev–Trinajstić information content (AvgIpc) is 2.01. The number of amides is 2. The number of hydrogen-bond acceptors (Lipinski definition) is 2. The molecule has 0 aliphatic carbocycles. The molecule has 0 aliphatic rings. The second-order valence-corrected chi connectivity index (χ2v) is 2.95. The molecule has 5 heteroatoms. The van der Waals surface area contributed by atoms with Crippen LogP contribution in [-0.2, 0) is 0 Å². The quantitative estimate of drug-likeness (QED) is 0.432. The van der Waals surface area contributed by atoms with Crippen molar-refractivity contribution in [3.05, 3.63) is 0 Å². The maximum absolute atomic E-state index is 10.9. The fraction of sp³-hybridized carbons (Fsp3) is 0.714. The highest BCUT2D eigenvalue weighted by Gasteiger charge is 1.97. The molecule has 0 aromatic heterocycles. The molecule has 0 heterocycles. The Labute approximate surface area is 77.9 Å². The summed E-state index contributed by atoms with van der Waals surface area (Å²) in [4.78, 5) is 11.2. The minimum atomic E-state index is -0.212. The highest BCUT2D eigenvalue weighted by atomic mass is 32.1. The van der Waals surface area contributed by atoms with Crippen LogP contribution in [0.1, 0.15) is 19.8 Å². The molecule has 0 unspecified atom stereocenters. The summed E-state index contributed by atoms with van der Waals surface area (Å²) in [5, 5.41) is 5.20. The maximum atomic E-state index is 10.9. The summed E-state index contributed by atoms with van der Waals surface area (Å²) in [6.07, 6.45) is 2.05. The predicted molar refractivity (Wildman–Crippen MR) is 53.1 cm³/mol. The Morgan fingerprint density at radius 3 is 2.67 bits per heavy atom. The van der Waals surface area contributed by atoms with Crippen LogP contribution in [0, 0.1) is 0 Å². The number of rotatable bonds is 5. The van der Waals surface area contributed by atoms with E-state index in [9.17, 15) is 4.79 Å². The number of hydrogen-bond donors (Lipinski definition) is 3. The first kappa shape index (κ1) is 11.2. The topological polar surface area (TPSA) is 67.2 Å². The van der Waals surface area contributed by atoms with Gasteiger partial charge in [0.25, 0.3) is 0 Å². The first-order chi connectivity index (χ1) is 5.66. The van der Waals surface area contributed by atoms with Crippen molar-refractivity contribution < 1.29 is 4.79 Å². The Morgan fingerprint density at radius 2 is 2.17 bits per heavy atom. The summed E-state index contributed by atoms with van der Waals surface area (Å²) in [6, 6.07) is -0.212. The van der Waals surface area contributed by atoms with Crippen LogP contribution in [0.5, 0.6) is 0 Å². The van der Waals surface area contributed by atoms with Gasteiger partial charge in [0.15, 0.2) is 0 Å². The second-order valence-electron chi connectivity index (χ2n) is 2.43. The van der Waals surface area contributed by atoms with E-state index in [2.05, 4.69) is 29.8 Å². The van der Waals surface area contributed by atoms with Gasteiger partial charge in [-0.25, -0.2) is 4.79 Å². The highest BCUT2D eigenvalue weighted by Crippen LogP contribution is 1.81. The van der Waals surface area contributed by atoms with E-state index < -0.39 is 0 Å². The fourth-order valence-electron chi connectivity index (χ4n) is 0.609. The van der Waals surface area contributed by atoms with Gasteiger partial charge in [-0.05, 0) is 6.42 Å². The van der Waals surface area contributed by atoms with Crippen LogP contribution >= 0.6 is 12.2 Å². The minimum absolute atomic E-state index is 0.212. The number of thiocarbonyl (C=S) groups is 1. The summed E-state index contributed by atoms with van der Waals surface area (Å²) in [6.45, 7) is 3.02. The molecule has 0 atom stereocenters. The number of nitrogens with one attached hydrogen (secondary N) is 2. The molecule has 2 amide bonds. The Bertz CT molecular complexity index is 161. The fourth-order valence-corrected chi connectivity index (χ4v) is 0.681. The van der Waals surface area contributed by atoms with E-state index >= 15 is 0 Å². The van der Waals surface area contributed by atoms with Crippen molar-refractivity contribution in [2.45, 2.75) is 19.8 Å². The smallest absolute Gasteiger partial charge is 0.315 e. The summed E-state index contributed by atoms with van der Waals surface area (Å²) in [5.74, 6) is 0. The normalized spacial score (nSPS) is 9.08. The predicted octanol–water partition coefficient (Wildman–Crippen LogP) is 0.372. The van der Waals surface area contributed by atoms with Crippen LogP contribution in [0.4, 0.5) is 4.79 Å². The Kier molecular flexibility index (Phi) is 6.37. The van der Waals surface area contributed by atoms with Crippen LogP contribution in [0.15, 0.2) is 0 Å². The molecule has 0 aromatic rings. The van der Waals surface area contributed by atoms with Gasteiger partial charge in [-0.3, -0.25) is 0 Å². The third-order valence-corrected chi connectivity index (χ3v) is 1.38. The monoisotopic (exact) mass is 189 g/mol. The van der Waals surface area contributed by atoms with E-state index in [0.29, 0.717) is 11.5 Å². The highest BCUT2D eigenvalue weighted by molar-refractivity contribution is 7.80. The molecule has 0 saturated carbocycles. The molecule has 12 heavy (non-hydrogen) atoms. The number of nitrogens with two attached hydrogens (primary N) is 1. The van der Waals surface area contributed by atoms with E-state index in [-0.39, 0.29) is 12.6 Å². The zero-order valence-electron chi connectivity index (χ0n) is 7.22. The van der Waals surface area contributed by atoms with Crippen molar-refractivity contribution in [3.8, 4) is 0 Å². The van der Waals surface area contributed by atoms with Gasteiger partial charge in [0.1, 0.15) is 0 Å². The lowest BCUT2D eigenvalue weighted by Gasteiger charge is -2.05. The number of carbonyl (C=O) groups excluding carboxylic acids is 1. The molecule has 0 aliphatic heterocycles. The van der Waals surface area contributed by atoms with Crippen LogP contribution in [0.2, 0.25) is 0 Å². The molecule has 0 spiro atoms. The van der Waals surface area contributed by atoms with E-state index in [0.717, 1.165) is 12.8 Å². The molecule has 0 rings (SSSR count). The van der Waals surface area contributed by atoms with Gasteiger partial charge < -0.3 is 16.4 Å². The van der Waals surface area contributed by atoms with Crippen molar-refractivity contribution in [1.29, 1.82) is 0 Å². The van der Waals surface area contributed by atoms with Gasteiger partial charge in [-0.2, -0.15) is 0 Å². The molecule has 70 valence electrons. The number of carbonyl (C=O) groups is 1. The first-order valence-corrected chi connectivity index (χ1v) is 4.37. The minimum Gasteiger partial charge on any atom is -0.392 e. The standard InChI is InChI=1S/C7H15N3OS/c1-2-3-4-9-7(11)10-5-6(8)12/h2-5H2,1H3,(H2,8,12)(H2,9,10,11). The summed E-state index contributed by atoms with van der Waals surface area (Å²) >= 11 is 4.58. The molecule has 0 bridgehead atoms. The van der Waals surface area contributed by atoms with Crippen molar-refractivity contribution in [3.63, 3.8) is 0 Å². The average molecular weight is 189 g/mol. The van der Waals surface area contributed by atoms with Gasteiger partial charge in [0.05, 0.1) is 11.5 Å². The van der Waals surface area contributed by atoms with Crippen molar-refractivity contribution in [2.24, 2.45) is 5.73 Å². The summed E-state index contributed by atoms with van der Waals surface area (Å²) in [7, 11) is 0. The van der Waals surface area contributed by atoms with Crippen molar-refractivity contribution >= 4 is 23.2 Å². The zero-order chi connectivity index (χ0) is 9.40. The van der Waals surface area contributed by atoms with Crippen LogP contribution in [-0.4, -0.2) is 24.1 Å². The Hall–Kier alpha value is -0.840. The third kappa shape index (κ3) is 7.27.